The van der Waals surface area contributed by atoms with Gasteiger partial charge >= 0.3 is 11.8 Å². The summed E-state index contributed by atoms with van der Waals surface area (Å²) in [6.07, 6.45) is 14.2. The van der Waals surface area contributed by atoms with Crippen LogP contribution in [0.5, 0.6) is 0 Å². The van der Waals surface area contributed by atoms with Crippen LogP contribution >= 0.6 is 0 Å². The Morgan fingerprint density at radius 3 is 0.881 bits per heavy atom. The van der Waals surface area contributed by atoms with Crippen LogP contribution in [0.1, 0.15) is 96.8 Å². The van der Waals surface area contributed by atoms with Gasteiger partial charge in [-0.1, -0.05) is 84.0 Å². The Morgan fingerprint density at radius 1 is 0.452 bits per heavy atom. The number of unbranched alkanes of at least 4 members (excludes halogenated alkanes) is 12. The summed E-state index contributed by atoms with van der Waals surface area (Å²) in [5, 5.41) is 114. The van der Waals surface area contributed by atoms with Gasteiger partial charge in [0.05, 0.1) is 63.7 Å². The highest BCUT2D eigenvalue weighted by molar-refractivity contribution is 5.76. The molecule has 0 amide bonds. The van der Waals surface area contributed by atoms with Crippen LogP contribution in [0.2, 0.25) is 0 Å². The molecule has 0 aliphatic heterocycles. The molecule has 0 saturated carbocycles. The first kappa shape index (κ1) is 45.4. The highest BCUT2D eigenvalue weighted by Crippen LogP contribution is 2.24. The molecule has 0 aromatic carbocycles. The van der Waals surface area contributed by atoms with E-state index in [0.29, 0.717) is 12.8 Å². The second kappa shape index (κ2) is 26.4. The molecule has 0 aromatic rings. The maximum Gasteiger partial charge on any atom is 0.370 e. The lowest BCUT2D eigenvalue weighted by Crippen LogP contribution is -2.59. The maximum atomic E-state index is 10.6. The molecule has 14 nitrogen and oxygen atoms in total. The summed E-state index contributed by atoms with van der Waals surface area (Å²) in [4.78, 5) is 10.6. The quantitative estimate of drug-likeness (QED) is 0.0446. The predicted molar refractivity (Wildman–Crippen MR) is 154 cm³/mol. The maximum absolute atomic E-state index is 10.6. The van der Waals surface area contributed by atoms with Crippen LogP contribution in [-0.4, -0.2) is 137 Å². The number of aliphatic carboxylic acids is 1. The van der Waals surface area contributed by atoms with E-state index in [-0.39, 0.29) is 6.42 Å². The van der Waals surface area contributed by atoms with E-state index in [9.17, 15) is 15.0 Å². The number of rotatable bonds is 24. The van der Waals surface area contributed by atoms with Crippen molar-refractivity contribution in [2.75, 3.05) is 52.9 Å². The average molecular weight is 621 g/mol. The summed E-state index contributed by atoms with van der Waals surface area (Å²) in [5.74, 6) is -8.64. The molecule has 0 rings (SSSR count). The summed E-state index contributed by atoms with van der Waals surface area (Å²) in [7, 11) is 0. The van der Waals surface area contributed by atoms with Gasteiger partial charge in [0.25, 0.3) is 0 Å². The van der Waals surface area contributed by atoms with Crippen LogP contribution in [0.25, 0.3) is 0 Å². The molecular weight excluding hydrogens is 560 g/mol. The molecule has 0 radical (unpaired) electrons. The van der Waals surface area contributed by atoms with Crippen molar-refractivity contribution in [3.8, 4) is 0 Å². The monoisotopic (exact) mass is 620 g/mol. The van der Waals surface area contributed by atoms with Gasteiger partial charge in [-0.25, -0.2) is 4.79 Å². The van der Waals surface area contributed by atoms with Crippen molar-refractivity contribution >= 4 is 5.97 Å². The molecule has 14 heteroatoms. The van der Waals surface area contributed by atoms with Gasteiger partial charge in [0.2, 0.25) is 5.79 Å². The smallest absolute Gasteiger partial charge is 0.370 e. The molecule has 0 saturated heterocycles. The fraction of sp³-hybridized carbons (Fsp3) is 0.964. The molecule has 0 bridgehead atoms. The zero-order valence-electron chi connectivity index (χ0n) is 25.3. The van der Waals surface area contributed by atoms with Gasteiger partial charge in [0.1, 0.15) is 0 Å². The van der Waals surface area contributed by atoms with E-state index in [0.717, 1.165) is 19.3 Å². The number of carbonyl (C=O) groups is 1. The molecule has 0 aromatic heterocycles. The van der Waals surface area contributed by atoms with Gasteiger partial charge in [0.15, 0.2) is 0 Å². The van der Waals surface area contributed by atoms with Crippen molar-refractivity contribution in [3.05, 3.63) is 0 Å². The molecule has 0 heterocycles. The largest absolute Gasteiger partial charge is 0.477 e. The first-order valence-electron chi connectivity index (χ1n) is 14.7. The van der Waals surface area contributed by atoms with Gasteiger partial charge in [-0.2, -0.15) is 0 Å². The van der Waals surface area contributed by atoms with Crippen LogP contribution in [0, 0.1) is 10.8 Å². The Hall–Kier alpha value is -1.01. The highest BCUT2D eigenvalue weighted by Gasteiger charge is 2.53. The molecule has 0 spiro atoms. The zero-order valence-corrected chi connectivity index (χ0v) is 25.3. The van der Waals surface area contributed by atoms with Crippen LogP contribution < -0.4 is 0 Å². The number of carboxylic acid groups (broad SMARTS) is 1. The number of hydrogen-bond donors (Lipinski definition) is 13. The lowest BCUT2D eigenvalue weighted by molar-refractivity contribution is -0.346. The summed E-state index contributed by atoms with van der Waals surface area (Å²) in [5.41, 5.74) is -2.22. The first-order chi connectivity index (χ1) is 19.7. The fourth-order valence-electron chi connectivity index (χ4n) is 3.33. The van der Waals surface area contributed by atoms with Crippen molar-refractivity contribution in [2.24, 2.45) is 10.8 Å². The van der Waals surface area contributed by atoms with Gasteiger partial charge in [-0.3, -0.25) is 0 Å². The van der Waals surface area contributed by atoms with E-state index in [1.807, 2.05) is 0 Å². The third-order valence-corrected chi connectivity index (χ3v) is 7.17. The Bertz CT molecular complexity index is 552. The Morgan fingerprint density at radius 2 is 0.690 bits per heavy atom. The fourth-order valence-corrected chi connectivity index (χ4v) is 3.33. The molecule has 0 atom stereocenters. The van der Waals surface area contributed by atoms with E-state index >= 15 is 0 Å². The number of carboxylic acids is 1. The Balaban J connectivity index is -0.000000687. The number of hydrogen-bond acceptors (Lipinski definition) is 13. The highest BCUT2D eigenvalue weighted by atomic mass is 16.6. The van der Waals surface area contributed by atoms with Crippen molar-refractivity contribution in [1.82, 2.24) is 0 Å². The van der Waals surface area contributed by atoms with E-state index in [2.05, 4.69) is 6.92 Å². The third-order valence-electron chi connectivity index (χ3n) is 7.17. The number of aliphatic hydroxyl groups is 12. The molecule has 0 unspecified atom stereocenters. The lowest BCUT2D eigenvalue weighted by atomic mass is 9.93. The molecule has 0 fully saturated rings. The van der Waals surface area contributed by atoms with Gasteiger partial charge in [-0.15, -0.1) is 0 Å². The third kappa shape index (κ3) is 19.3. The topological polar surface area (TPSA) is 280 Å². The van der Waals surface area contributed by atoms with Gasteiger partial charge < -0.3 is 66.4 Å². The van der Waals surface area contributed by atoms with Crippen molar-refractivity contribution in [3.63, 3.8) is 0 Å². The second-order valence-corrected chi connectivity index (χ2v) is 11.1. The average Bonchev–Trinajstić information content (AvgIpc) is 2.99. The standard InChI is InChI=1S/C18H36O6.2C5H12O4/c1-2-3-4-5-6-7-8-9-10-11-12-13-14-15-17(21,22)18(23,24)16(19)20;2*6-1-5(2-7,3-8)4-9/h21-24H,2-15H2,1H3,(H,19,20);2*6-9H,1-4H2. The summed E-state index contributed by atoms with van der Waals surface area (Å²) in [6.45, 7) is -1.03. The SMILES string of the molecule is CCCCCCCCCCCCCCCC(O)(O)C(O)(O)C(=O)O.OCC(CO)(CO)CO.OCC(CO)(CO)CO. The zero-order chi connectivity index (χ0) is 33.1. The van der Waals surface area contributed by atoms with Crippen LogP contribution in [-0.2, 0) is 4.79 Å². The molecule has 0 aliphatic rings. The van der Waals surface area contributed by atoms with E-state index in [1.54, 1.807) is 0 Å². The van der Waals surface area contributed by atoms with Gasteiger partial charge in [0, 0.05) is 6.42 Å². The molecule has 256 valence electrons. The minimum atomic E-state index is -3.54. The Kier molecular flexibility index (Phi) is 28.5. The summed E-state index contributed by atoms with van der Waals surface area (Å²) >= 11 is 0. The minimum Gasteiger partial charge on any atom is -0.477 e. The normalized spacial score (nSPS) is 12.3. The number of aliphatic hydroxyl groups excluding tert-OH is 8. The molecule has 0 aliphatic carbocycles. The molecule has 42 heavy (non-hydrogen) atoms. The van der Waals surface area contributed by atoms with E-state index < -0.39 is 81.2 Å². The van der Waals surface area contributed by atoms with Crippen molar-refractivity contribution in [1.29, 1.82) is 0 Å². The van der Waals surface area contributed by atoms with Crippen LogP contribution in [0.4, 0.5) is 0 Å². The summed E-state index contributed by atoms with van der Waals surface area (Å²) in [6, 6.07) is 0. The summed E-state index contributed by atoms with van der Waals surface area (Å²) < 4.78 is 0. The molecule has 13 N–H and O–H groups in total. The van der Waals surface area contributed by atoms with Crippen molar-refractivity contribution in [2.45, 2.75) is 108 Å². The van der Waals surface area contributed by atoms with Crippen LogP contribution in [0.3, 0.4) is 0 Å². The first-order valence-corrected chi connectivity index (χ1v) is 14.7. The second-order valence-electron chi connectivity index (χ2n) is 11.1. The lowest BCUT2D eigenvalue weighted by Gasteiger charge is -2.31. The van der Waals surface area contributed by atoms with E-state index in [1.165, 1.54) is 51.4 Å². The van der Waals surface area contributed by atoms with Crippen LogP contribution in [0.15, 0.2) is 0 Å². The predicted octanol–water partition coefficient (Wildman–Crippen LogP) is -1.20. The molecular formula is C28H60O14. The Labute approximate surface area is 249 Å². The van der Waals surface area contributed by atoms with Crippen molar-refractivity contribution < 1.29 is 71.2 Å². The minimum absolute atomic E-state index is 0.334. The van der Waals surface area contributed by atoms with E-state index in [4.69, 9.17) is 56.2 Å². The van der Waals surface area contributed by atoms with Gasteiger partial charge in [-0.05, 0) is 6.42 Å².